The van der Waals surface area contributed by atoms with Gasteiger partial charge in [0.05, 0.1) is 10.5 Å². The van der Waals surface area contributed by atoms with Crippen LogP contribution in [0.1, 0.15) is 30.9 Å². The summed E-state index contributed by atoms with van der Waals surface area (Å²) in [6.45, 7) is 3.25. The molecule has 146 valence electrons. The molecule has 2 N–H and O–H groups in total. The minimum Gasteiger partial charge on any atom is -0.371 e. The Morgan fingerprint density at radius 2 is 1.78 bits per heavy atom. The molecule has 0 aliphatic carbocycles. The van der Waals surface area contributed by atoms with Crippen LogP contribution in [0.25, 0.3) is 0 Å². The van der Waals surface area contributed by atoms with Gasteiger partial charge < -0.3 is 4.90 Å². The van der Waals surface area contributed by atoms with Gasteiger partial charge in [0.1, 0.15) is 0 Å². The van der Waals surface area contributed by atoms with E-state index in [-0.39, 0.29) is 5.41 Å². The van der Waals surface area contributed by atoms with Gasteiger partial charge in [-0.2, -0.15) is 13.2 Å². The van der Waals surface area contributed by atoms with Crippen LogP contribution in [0.2, 0.25) is 0 Å². The Balaban J connectivity index is 1.99. The van der Waals surface area contributed by atoms with Crippen LogP contribution < -0.4 is 10.0 Å². The van der Waals surface area contributed by atoms with E-state index in [9.17, 15) is 21.6 Å². The van der Waals surface area contributed by atoms with Crippen molar-refractivity contribution in [2.24, 2.45) is 5.14 Å². The lowest BCUT2D eigenvalue weighted by atomic mass is 9.76. The van der Waals surface area contributed by atoms with Gasteiger partial charge in [-0.05, 0) is 36.6 Å². The number of benzene rings is 2. The third-order valence-corrected chi connectivity index (χ3v) is 6.08. The van der Waals surface area contributed by atoms with Crippen molar-refractivity contribution in [1.29, 1.82) is 0 Å². The van der Waals surface area contributed by atoms with Crippen LogP contribution in [-0.4, -0.2) is 21.5 Å². The Morgan fingerprint density at radius 1 is 1.11 bits per heavy atom. The van der Waals surface area contributed by atoms with Crippen molar-refractivity contribution in [2.75, 3.05) is 18.0 Å². The number of sulfonamides is 1. The second kappa shape index (κ2) is 6.83. The molecule has 8 heteroatoms. The first kappa shape index (κ1) is 19.7. The average molecular weight is 398 g/mol. The molecule has 0 radical (unpaired) electrons. The fraction of sp³-hybridized carbons (Fsp3) is 0.368. The van der Waals surface area contributed by atoms with Gasteiger partial charge in [-0.3, -0.25) is 0 Å². The zero-order chi connectivity index (χ0) is 19.9. The summed E-state index contributed by atoms with van der Waals surface area (Å²) in [7, 11) is -4.47. The zero-order valence-corrected chi connectivity index (χ0v) is 15.6. The topological polar surface area (TPSA) is 63.4 Å². The number of hydrogen-bond donors (Lipinski definition) is 1. The van der Waals surface area contributed by atoms with Crippen LogP contribution in [0.5, 0.6) is 0 Å². The number of halogens is 3. The maximum absolute atomic E-state index is 13.4. The van der Waals surface area contributed by atoms with E-state index in [1.807, 2.05) is 35.2 Å². The van der Waals surface area contributed by atoms with Crippen LogP contribution in [-0.2, 0) is 21.6 Å². The molecule has 0 amide bonds. The number of rotatable bonds is 3. The molecule has 1 saturated heterocycles. The first-order chi connectivity index (χ1) is 12.5. The van der Waals surface area contributed by atoms with E-state index in [0.29, 0.717) is 18.8 Å². The standard InChI is InChI=1S/C19H21F3N2O2S/c1-18(14-6-3-2-4-7-14)10-5-11-24(13-18)15-8-9-17(27(23,25)26)16(12-15)19(20,21)22/h2-4,6-9,12H,5,10-11,13H2,1H3,(H2,23,25,26). The van der Waals surface area contributed by atoms with Crippen molar-refractivity contribution in [3.63, 3.8) is 0 Å². The van der Waals surface area contributed by atoms with Crippen LogP contribution in [0, 0.1) is 0 Å². The first-order valence-corrected chi connectivity index (χ1v) is 10.1. The number of anilines is 1. The number of alkyl halides is 3. The summed E-state index contributed by atoms with van der Waals surface area (Å²) in [5, 5.41) is 4.96. The molecule has 0 saturated carbocycles. The number of hydrogen-bond acceptors (Lipinski definition) is 3. The Hall–Kier alpha value is -2.06. The maximum Gasteiger partial charge on any atom is 0.417 e. The molecule has 0 spiro atoms. The highest BCUT2D eigenvalue weighted by Crippen LogP contribution is 2.39. The minimum absolute atomic E-state index is 0.198. The molecule has 1 unspecified atom stereocenters. The van der Waals surface area contributed by atoms with Gasteiger partial charge in [-0.15, -0.1) is 0 Å². The first-order valence-electron chi connectivity index (χ1n) is 8.55. The number of piperidine rings is 1. The summed E-state index contributed by atoms with van der Waals surface area (Å²) >= 11 is 0. The molecule has 4 nitrogen and oxygen atoms in total. The molecule has 2 aromatic rings. The van der Waals surface area contributed by atoms with Crippen LogP contribution in [0.15, 0.2) is 53.4 Å². The van der Waals surface area contributed by atoms with Gasteiger partial charge in [0.15, 0.2) is 0 Å². The minimum atomic E-state index is -4.81. The summed E-state index contributed by atoms with van der Waals surface area (Å²) in [6, 6.07) is 13.1. The van der Waals surface area contributed by atoms with Gasteiger partial charge >= 0.3 is 6.18 Å². The molecule has 1 heterocycles. The van der Waals surface area contributed by atoms with E-state index >= 15 is 0 Å². The van der Waals surface area contributed by atoms with E-state index in [1.54, 1.807) is 0 Å². The van der Waals surface area contributed by atoms with Crippen molar-refractivity contribution in [3.05, 3.63) is 59.7 Å². The van der Waals surface area contributed by atoms with E-state index < -0.39 is 26.7 Å². The monoisotopic (exact) mass is 398 g/mol. The molecule has 27 heavy (non-hydrogen) atoms. The summed E-state index contributed by atoms with van der Waals surface area (Å²) in [5.41, 5.74) is 0.0502. The summed E-state index contributed by atoms with van der Waals surface area (Å²) in [6.07, 6.45) is -3.06. The summed E-state index contributed by atoms with van der Waals surface area (Å²) in [4.78, 5) is 0.972. The fourth-order valence-electron chi connectivity index (χ4n) is 3.72. The van der Waals surface area contributed by atoms with Gasteiger partial charge in [-0.25, -0.2) is 13.6 Å². The van der Waals surface area contributed by atoms with E-state index in [1.165, 1.54) is 6.07 Å². The highest BCUT2D eigenvalue weighted by molar-refractivity contribution is 7.89. The molecule has 2 aromatic carbocycles. The third-order valence-electron chi connectivity index (χ3n) is 5.11. The van der Waals surface area contributed by atoms with E-state index in [0.717, 1.165) is 30.5 Å². The van der Waals surface area contributed by atoms with Gasteiger partial charge in [0.25, 0.3) is 0 Å². The molecule has 1 aliphatic heterocycles. The lowest BCUT2D eigenvalue weighted by Crippen LogP contribution is -2.44. The Bertz CT molecular complexity index is 930. The maximum atomic E-state index is 13.4. The van der Waals surface area contributed by atoms with Crippen molar-refractivity contribution < 1.29 is 21.6 Å². The van der Waals surface area contributed by atoms with Crippen molar-refractivity contribution >= 4 is 15.7 Å². The molecule has 1 fully saturated rings. The Kier molecular flexibility index (Phi) is 4.98. The summed E-state index contributed by atoms with van der Waals surface area (Å²) in [5.74, 6) is 0. The number of nitrogens with zero attached hydrogens (tertiary/aromatic N) is 1. The van der Waals surface area contributed by atoms with E-state index in [4.69, 9.17) is 5.14 Å². The number of primary sulfonamides is 1. The molecule has 1 atom stereocenters. The second-order valence-electron chi connectivity index (χ2n) is 7.18. The molecule has 0 aromatic heterocycles. The molecule has 3 rings (SSSR count). The fourth-order valence-corrected chi connectivity index (χ4v) is 4.46. The molecular formula is C19H21F3N2O2S. The lowest BCUT2D eigenvalue weighted by Gasteiger charge is -2.42. The molecule has 0 bridgehead atoms. The number of nitrogens with two attached hydrogens (primary N) is 1. The third kappa shape index (κ3) is 4.11. The Labute approximate surface area is 156 Å². The summed E-state index contributed by atoms with van der Waals surface area (Å²) < 4.78 is 63.3. The largest absolute Gasteiger partial charge is 0.417 e. The van der Waals surface area contributed by atoms with Gasteiger partial charge in [0, 0.05) is 24.2 Å². The Morgan fingerprint density at radius 3 is 2.37 bits per heavy atom. The quantitative estimate of drug-likeness (QED) is 0.853. The highest BCUT2D eigenvalue weighted by Gasteiger charge is 2.38. The predicted molar refractivity (Wildman–Crippen MR) is 98.1 cm³/mol. The smallest absolute Gasteiger partial charge is 0.371 e. The SMILES string of the molecule is CC1(c2ccccc2)CCCN(c2ccc(S(N)(=O)=O)c(C(F)(F)F)c2)C1. The normalized spacial score (nSPS) is 21.3. The van der Waals surface area contributed by atoms with Crippen molar-refractivity contribution in [2.45, 2.75) is 36.3 Å². The predicted octanol–water partition coefficient (Wildman–Crippen LogP) is 3.91. The van der Waals surface area contributed by atoms with Crippen LogP contribution >= 0.6 is 0 Å². The van der Waals surface area contributed by atoms with Gasteiger partial charge in [0.2, 0.25) is 10.0 Å². The van der Waals surface area contributed by atoms with Crippen molar-refractivity contribution in [1.82, 2.24) is 0 Å². The zero-order valence-electron chi connectivity index (χ0n) is 14.8. The van der Waals surface area contributed by atoms with Crippen LogP contribution in [0.3, 0.4) is 0 Å². The van der Waals surface area contributed by atoms with Crippen molar-refractivity contribution in [3.8, 4) is 0 Å². The molecular weight excluding hydrogens is 377 g/mol. The van der Waals surface area contributed by atoms with Crippen LogP contribution in [0.4, 0.5) is 18.9 Å². The lowest BCUT2D eigenvalue weighted by molar-refractivity contribution is -0.139. The highest BCUT2D eigenvalue weighted by atomic mass is 32.2. The second-order valence-corrected chi connectivity index (χ2v) is 8.70. The van der Waals surface area contributed by atoms with Gasteiger partial charge in [-0.1, -0.05) is 37.3 Å². The average Bonchev–Trinajstić information content (AvgIpc) is 2.60. The molecule has 1 aliphatic rings. The van der Waals surface area contributed by atoms with E-state index in [2.05, 4.69) is 6.92 Å².